The summed E-state index contributed by atoms with van der Waals surface area (Å²) < 4.78 is 12.8. The van der Waals surface area contributed by atoms with Crippen LogP contribution in [0.3, 0.4) is 0 Å². The molecule has 5 nitrogen and oxygen atoms in total. The van der Waals surface area contributed by atoms with Gasteiger partial charge in [0.25, 0.3) is 0 Å². The molecule has 2 aromatic rings. The van der Waals surface area contributed by atoms with Gasteiger partial charge in [0.15, 0.2) is 0 Å². The molecule has 0 bridgehead atoms. The Hall–Kier alpha value is -2.86. The highest BCUT2D eigenvalue weighted by molar-refractivity contribution is 5.99. The number of hydrogen-bond acceptors (Lipinski definition) is 3. The van der Waals surface area contributed by atoms with Crippen LogP contribution < -0.4 is 20.9 Å². The van der Waals surface area contributed by atoms with E-state index in [0.29, 0.717) is 18.0 Å². The molecule has 0 aliphatic carbocycles. The summed E-state index contributed by atoms with van der Waals surface area (Å²) in [6.45, 7) is 4.40. The topological polar surface area (TPSA) is 56.4 Å². The molecule has 0 heterocycles. The summed E-state index contributed by atoms with van der Waals surface area (Å²) in [5, 5.41) is 8.39. The molecule has 23 heavy (non-hydrogen) atoms. The van der Waals surface area contributed by atoms with Gasteiger partial charge in [-0.1, -0.05) is 6.58 Å². The highest BCUT2D eigenvalue weighted by atomic mass is 19.1. The lowest BCUT2D eigenvalue weighted by atomic mass is 10.2. The molecule has 0 fully saturated rings. The van der Waals surface area contributed by atoms with Gasteiger partial charge in [-0.3, -0.25) is 0 Å². The first-order chi connectivity index (χ1) is 11.1. The number of hydrogen-bond donors (Lipinski definition) is 3. The van der Waals surface area contributed by atoms with Crippen molar-refractivity contribution in [1.29, 1.82) is 0 Å². The van der Waals surface area contributed by atoms with E-state index in [1.807, 2.05) is 24.1 Å². The van der Waals surface area contributed by atoms with Crippen molar-refractivity contribution in [3.63, 3.8) is 0 Å². The lowest BCUT2D eigenvalue weighted by molar-refractivity contribution is 0.262. The SMILES string of the molecule is C=CN(CNC)c1ccc(NC(=O)Nc2ccc(F)cc2)cc1. The zero-order chi connectivity index (χ0) is 16.7. The zero-order valence-electron chi connectivity index (χ0n) is 12.8. The van der Waals surface area contributed by atoms with Gasteiger partial charge in [-0.05, 0) is 61.8 Å². The molecule has 2 rings (SSSR count). The first-order valence-corrected chi connectivity index (χ1v) is 7.10. The molecule has 0 aromatic heterocycles. The van der Waals surface area contributed by atoms with E-state index in [9.17, 15) is 9.18 Å². The fourth-order valence-corrected chi connectivity index (χ4v) is 1.99. The molecule has 120 valence electrons. The fraction of sp³-hybridized carbons (Fsp3) is 0.118. The maximum atomic E-state index is 12.8. The number of nitrogens with zero attached hydrogens (tertiary/aromatic N) is 1. The molecular formula is C17H19FN4O. The summed E-state index contributed by atoms with van der Waals surface area (Å²) >= 11 is 0. The third-order valence-corrected chi connectivity index (χ3v) is 3.11. The Kier molecular flexibility index (Phi) is 5.71. The maximum Gasteiger partial charge on any atom is 0.323 e. The first kappa shape index (κ1) is 16.5. The second-order valence-electron chi connectivity index (χ2n) is 4.80. The van der Waals surface area contributed by atoms with Crippen molar-refractivity contribution in [3.05, 3.63) is 67.1 Å². The van der Waals surface area contributed by atoms with Gasteiger partial charge in [-0.25, -0.2) is 9.18 Å². The third kappa shape index (κ3) is 4.82. The minimum Gasteiger partial charge on any atom is -0.335 e. The number of rotatable bonds is 6. The van der Waals surface area contributed by atoms with Crippen molar-refractivity contribution in [2.45, 2.75) is 0 Å². The molecule has 2 amide bonds. The van der Waals surface area contributed by atoms with Crippen LogP contribution in [0.25, 0.3) is 0 Å². The van der Waals surface area contributed by atoms with Crippen LogP contribution in [-0.4, -0.2) is 19.7 Å². The highest BCUT2D eigenvalue weighted by Gasteiger charge is 2.05. The number of halogens is 1. The predicted octanol–water partition coefficient (Wildman–Crippen LogP) is 3.60. The largest absolute Gasteiger partial charge is 0.335 e. The predicted molar refractivity (Wildman–Crippen MR) is 92.1 cm³/mol. The number of carbonyl (C=O) groups is 1. The van der Waals surface area contributed by atoms with Crippen LogP contribution in [0.15, 0.2) is 61.3 Å². The third-order valence-electron chi connectivity index (χ3n) is 3.11. The van der Waals surface area contributed by atoms with Gasteiger partial charge in [0.05, 0.1) is 6.67 Å². The molecule has 0 radical (unpaired) electrons. The molecule has 6 heteroatoms. The van der Waals surface area contributed by atoms with Crippen molar-refractivity contribution in [3.8, 4) is 0 Å². The molecule has 0 saturated carbocycles. The van der Waals surface area contributed by atoms with Crippen molar-refractivity contribution in [1.82, 2.24) is 5.32 Å². The van der Waals surface area contributed by atoms with E-state index in [-0.39, 0.29) is 11.8 Å². The standard InChI is InChI=1S/C17H19FN4O/c1-3-22(12-19-2)16-10-8-15(9-11-16)21-17(23)20-14-6-4-13(18)5-7-14/h3-11,19H,1,12H2,2H3,(H2,20,21,23). The van der Waals surface area contributed by atoms with Crippen molar-refractivity contribution < 1.29 is 9.18 Å². The van der Waals surface area contributed by atoms with Gasteiger partial charge in [-0.15, -0.1) is 0 Å². The molecule has 0 aliphatic rings. The molecule has 0 unspecified atom stereocenters. The first-order valence-electron chi connectivity index (χ1n) is 7.10. The quantitative estimate of drug-likeness (QED) is 0.714. The Balaban J connectivity index is 1.96. The molecule has 0 spiro atoms. The Labute approximate surface area is 134 Å². The van der Waals surface area contributed by atoms with Crippen LogP contribution in [0.5, 0.6) is 0 Å². The van der Waals surface area contributed by atoms with Gasteiger partial charge in [0.1, 0.15) is 5.82 Å². The Morgan fingerprint density at radius 2 is 1.61 bits per heavy atom. The Morgan fingerprint density at radius 3 is 2.09 bits per heavy atom. The average Bonchev–Trinajstić information content (AvgIpc) is 2.55. The molecule has 0 atom stereocenters. The van der Waals surface area contributed by atoms with Crippen LogP contribution in [0, 0.1) is 5.82 Å². The van der Waals surface area contributed by atoms with Crippen LogP contribution in [0.4, 0.5) is 26.2 Å². The van der Waals surface area contributed by atoms with Gasteiger partial charge in [0.2, 0.25) is 0 Å². The van der Waals surface area contributed by atoms with E-state index in [0.717, 1.165) is 5.69 Å². The maximum absolute atomic E-state index is 12.8. The van der Waals surface area contributed by atoms with Crippen LogP contribution in [0.2, 0.25) is 0 Å². The number of amides is 2. The van der Waals surface area contributed by atoms with E-state index in [1.54, 1.807) is 18.3 Å². The summed E-state index contributed by atoms with van der Waals surface area (Å²) in [5.74, 6) is -0.347. The number of benzene rings is 2. The molecule has 3 N–H and O–H groups in total. The Morgan fingerprint density at radius 1 is 1.09 bits per heavy atom. The fourth-order valence-electron chi connectivity index (χ4n) is 1.99. The normalized spacial score (nSPS) is 10.0. The van der Waals surface area contributed by atoms with Crippen LogP contribution in [0.1, 0.15) is 0 Å². The number of urea groups is 1. The molecular weight excluding hydrogens is 295 g/mol. The summed E-state index contributed by atoms with van der Waals surface area (Å²) in [7, 11) is 1.85. The number of carbonyl (C=O) groups excluding carboxylic acids is 1. The molecule has 0 aliphatic heterocycles. The van der Waals surface area contributed by atoms with Gasteiger partial charge >= 0.3 is 6.03 Å². The van der Waals surface area contributed by atoms with E-state index in [2.05, 4.69) is 22.5 Å². The van der Waals surface area contributed by atoms with Gasteiger partial charge < -0.3 is 20.9 Å². The minimum absolute atomic E-state index is 0.347. The van der Waals surface area contributed by atoms with E-state index in [1.165, 1.54) is 24.3 Å². The van der Waals surface area contributed by atoms with Crippen molar-refractivity contribution >= 4 is 23.1 Å². The second-order valence-corrected chi connectivity index (χ2v) is 4.80. The summed E-state index contributed by atoms with van der Waals surface area (Å²) in [5.41, 5.74) is 2.13. The van der Waals surface area contributed by atoms with E-state index >= 15 is 0 Å². The molecule has 0 saturated heterocycles. The average molecular weight is 314 g/mol. The lowest BCUT2D eigenvalue weighted by Crippen LogP contribution is -2.27. The van der Waals surface area contributed by atoms with Crippen molar-refractivity contribution in [2.75, 3.05) is 29.2 Å². The van der Waals surface area contributed by atoms with Crippen LogP contribution >= 0.6 is 0 Å². The van der Waals surface area contributed by atoms with E-state index in [4.69, 9.17) is 0 Å². The highest BCUT2D eigenvalue weighted by Crippen LogP contribution is 2.18. The van der Waals surface area contributed by atoms with Gasteiger partial charge in [0, 0.05) is 17.1 Å². The summed E-state index contributed by atoms with van der Waals surface area (Å²) in [6.07, 6.45) is 1.72. The Bertz CT molecular complexity index is 655. The second kappa shape index (κ2) is 7.95. The van der Waals surface area contributed by atoms with Crippen molar-refractivity contribution in [2.24, 2.45) is 0 Å². The number of anilines is 3. The number of nitrogens with one attached hydrogen (secondary N) is 3. The van der Waals surface area contributed by atoms with Gasteiger partial charge in [-0.2, -0.15) is 0 Å². The smallest absolute Gasteiger partial charge is 0.323 e. The summed E-state index contributed by atoms with van der Waals surface area (Å²) in [6, 6.07) is 12.5. The summed E-state index contributed by atoms with van der Waals surface area (Å²) in [4.78, 5) is 13.8. The zero-order valence-corrected chi connectivity index (χ0v) is 12.8. The van der Waals surface area contributed by atoms with Crippen LogP contribution in [-0.2, 0) is 0 Å². The molecule has 2 aromatic carbocycles. The monoisotopic (exact) mass is 314 g/mol. The van der Waals surface area contributed by atoms with E-state index < -0.39 is 0 Å². The minimum atomic E-state index is -0.389. The lowest BCUT2D eigenvalue weighted by Gasteiger charge is -2.19.